The SMILES string of the molecule is Cc1ccccc1-n1c(SCc2coc(-c3ccc(Cl)cc3)n2)nnc1N1CCOCC1. The Kier molecular flexibility index (Phi) is 6.16. The summed E-state index contributed by atoms with van der Waals surface area (Å²) >= 11 is 7.56. The Balaban J connectivity index is 1.41. The molecule has 9 heteroatoms. The Labute approximate surface area is 195 Å². The Morgan fingerprint density at radius 3 is 2.59 bits per heavy atom. The summed E-state index contributed by atoms with van der Waals surface area (Å²) in [5.74, 6) is 2.03. The van der Waals surface area contributed by atoms with Gasteiger partial charge in [0.15, 0.2) is 5.16 Å². The third kappa shape index (κ3) is 4.39. The van der Waals surface area contributed by atoms with E-state index in [0.29, 0.717) is 29.9 Å². The first-order chi connectivity index (χ1) is 15.7. The van der Waals surface area contributed by atoms with E-state index in [1.165, 1.54) is 0 Å². The fraction of sp³-hybridized carbons (Fsp3) is 0.261. The van der Waals surface area contributed by atoms with E-state index in [1.807, 2.05) is 36.4 Å². The van der Waals surface area contributed by atoms with E-state index in [9.17, 15) is 0 Å². The van der Waals surface area contributed by atoms with Gasteiger partial charge in [0.2, 0.25) is 11.8 Å². The number of para-hydroxylation sites is 1. The number of halogens is 1. The molecule has 2 aromatic heterocycles. The molecule has 0 radical (unpaired) electrons. The molecule has 0 atom stereocenters. The minimum Gasteiger partial charge on any atom is -0.444 e. The molecule has 3 heterocycles. The molecule has 4 aromatic rings. The molecule has 5 rings (SSSR count). The number of nitrogens with zero attached hydrogens (tertiary/aromatic N) is 5. The standard InChI is InChI=1S/C23H22ClN5O2S/c1-16-4-2-3-5-20(16)29-22(28-10-12-30-13-11-28)26-27-23(29)32-15-19-14-31-21(25-19)17-6-8-18(24)9-7-17/h2-9,14H,10-13,15H2,1H3. The topological polar surface area (TPSA) is 69.2 Å². The maximum absolute atomic E-state index is 5.98. The van der Waals surface area contributed by atoms with Gasteiger partial charge in [-0.25, -0.2) is 4.98 Å². The van der Waals surface area contributed by atoms with Crippen LogP contribution in [0.2, 0.25) is 5.02 Å². The lowest BCUT2D eigenvalue weighted by Gasteiger charge is -2.28. The van der Waals surface area contributed by atoms with Crippen molar-refractivity contribution in [3.8, 4) is 17.1 Å². The molecule has 0 amide bonds. The van der Waals surface area contributed by atoms with Crippen LogP contribution in [0.4, 0.5) is 5.95 Å². The van der Waals surface area contributed by atoms with E-state index in [1.54, 1.807) is 18.0 Å². The van der Waals surface area contributed by atoms with Crippen LogP contribution in [0.5, 0.6) is 0 Å². The van der Waals surface area contributed by atoms with Gasteiger partial charge in [-0.3, -0.25) is 4.57 Å². The zero-order valence-electron chi connectivity index (χ0n) is 17.6. The number of oxazole rings is 1. The third-order valence-corrected chi connectivity index (χ3v) is 6.47. The highest BCUT2D eigenvalue weighted by Gasteiger charge is 2.23. The maximum Gasteiger partial charge on any atom is 0.232 e. The van der Waals surface area contributed by atoms with Crippen LogP contribution in [0.3, 0.4) is 0 Å². The van der Waals surface area contributed by atoms with Crippen LogP contribution < -0.4 is 4.90 Å². The second-order valence-electron chi connectivity index (χ2n) is 7.44. The Morgan fingerprint density at radius 1 is 1.03 bits per heavy atom. The molecule has 0 spiro atoms. The molecule has 2 aromatic carbocycles. The van der Waals surface area contributed by atoms with E-state index < -0.39 is 0 Å². The van der Waals surface area contributed by atoms with Crippen molar-refractivity contribution in [2.45, 2.75) is 17.8 Å². The lowest BCUT2D eigenvalue weighted by Crippen LogP contribution is -2.38. The van der Waals surface area contributed by atoms with Gasteiger partial charge in [0.25, 0.3) is 0 Å². The number of thioether (sulfide) groups is 1. The average Bonchev–Trinajstić information content (AvgIpc) is 3.46. The minimum atomic E-state index is 0.576. The molecular weight excluding hydrogens is 446 g/mol. The maximum atomic E-state index is 5.98. The van der Waals surface area contributed by atoms with Crippen LogP contribution in [0.25, 0.3) is 17.1 Å². The van der Waals surface area contributed by atoms with E-state index in [0.717, 1.165) is 46.7 Å². The van der Waals surface area contributed by atoms with Crippen molar-refractivity contribution in [2.24, 2.45) is 0 Å². The zero-order chi connectivity index (χ0) is 21.9. The summed E-state index contributed by atoms with van der Waals surface area (Å²) in [5, 5.41) is 10.6. The fourth-order valence-corrected chi connectivity index (χ4v) is 4.53. The first kappa shape index (κ1) is 21.1. The zero-order valence-corrected chi connectivity index (χ0v) is 19.1. The van der Waals surface area contributed by atoms with Crippen molar-refractivity contribution >= 4 is 29.3 Å². The molecule has 164 valence electrons. The first-order valence-electron chi connectivity index (χ1n) is 10.4. The molecular formula is C23H22ClN5O2S. The van der Waals surface area contributed by atoms with Crippen molar-refractivity contribution in [3.05, 3.63) is 71.1 Å². The van der Waals surface area contributed by atoms with Gasteiger partial charge in [0.1, 0.15) is 6.26 Å². The number of morpholine rings is 1. The highest BCUT2D eigenvalue weighted by molar-refractivity contribution is 7.98. The molecule has 0 N–H and O–H groups in total. The van der Waals surface area contributed by atoms with E-state index >= 15 is 0 Å². The normalized spacial score (nSPS) is 14.1. The van der Waals surface area contributed by atoms with E-state index in [-0.39, 0.29) is 0 Å². The smallest absolute Gasteiger partial charge is 0.232 e. The number of aryl methyl sites for hydroxylation is 1. The van der Waals surface area contributed by atoms with Crippen LogP contribution in [0, 0.1) is 6.92 Å². The predicted molar refractivity (Wildman–Crippen MR) is 126 cm³/mol. The quantitative estimate of drug-likeness (QED) is 0.369. The van der Waals surface area contributed by atoms with Crippen LogP contribution in [0.1, 0.15) is 11.3 Å². The average molecular weight is 468 g/mol. The molecule has 1 fully saturated rings. The van der Waals surface area contributed by atoms with Gasteiger partial charge in [0, 0.05) is 29.4 Å². The molecule has 0 aliphatic carbocycles. The van der Waals surface area contributed by atoms with Gasteiger partial charge in [-0.1, -0.05) is 41.6 Å². The van der Waals surface area contributed by atoms with E-state index in [2.05, 4.69) is 43.7 Å². The van der Waals surface area contributed by atoms with Crippen molar-refractivity contribution in [1.29, 1.82) is 0 Å². The summed E-state index contributed by atoms with van der Waals surface area (Å²) in [6, 6.07) is 15.7. The summed E-state index contributed by atoms with van der Waals surface area (Å²) < 4.78 is 13.3. The summed E-state index contributed by atoms with van der Waals surface area (Å²) in [5.41, 5.74) is 3.97. The lowest BCUT2D eigenvalue weighted by atomic mass is 10.2. The second-order valence-corrected chi connectivity index (χ2v) is 8.82. The van der Waals surface area contributed by atoms with Gasteiger partial charge in [-0.05, 0) is 42.8 Å². The monoisotopic (exact) mass is 467 g/mol. The van der Waals surface area contributed by atoms with Gasteiger partial charge in [-0.2, -0.15) is 0 Å². The molecule has 32 heavy (non-hydrogen) atoms. The Bertz CT molecular complexity index is 1200. The number of benzene rings is 2. The van der Waals surface area contributed by atoms with Gasteiger partial charge in [0.05, 0.1) is 24.6 Å². The number of hydrogen-bond donors (Lipinski definition) is 0. The highest BCUT2D eigenvalue weighted by Crippen LogP contribution is 2.31. The van der Waals surface area contributed by atoms with Gasteiger partial charge >= 0.3 is 0 Å². The molecule has 1 aliphatic heterocycles. The fourth-order valence-electron chi connectivity index (χ4n) is 3.59. The predicted octanol–water partition coefficient (Wildman–Crippen LogP) is 5.01. The molecule has 0 unspecified atom stereocenters. The molecule has 7 nitrogen and oxygen atoms in total. The molecule has 0 bridgehead atoms. The number of ether oxygens (including phenoxy) is 1. The third-order valence-electron chi connectivity index (χ3n) is 5.26. The summed E-state index contributed by atoms with van der Waals surface area (Å²) in [7, 11) is 0. The minimum absolute atomic E-state index is 0.576. The second kappa shape index (κ2) is 9.36. The molecule has 1 aliphatic rings. The van der Waals surface area contributed by atoms with Crippen LogP contribution in [0.15, 0.2) is 64.4 Å². The van der Waals surface area contributed by atoms with Crippen molar-refractivity contribution in [2.75, 3.05) is 31.2 Å². The number of rotatable bonds is 6. The van der Waals surface area contributed by atoms with Crippen LogP contribution in [-0.2, 0) is 10.5 Å². The van der Waals surface area contributed by atoms with Crippen LogP contribution >= 0.6 is 23.4 Å². The van der Waals surface area contributed by atoms with Crippen molar-refractivity contribution < 1.29 is 9.15 Å². The van der Waals surface area contributed by atoms with Gasteiger partial charge in [-0.15, -0.1) is 10.2 Å². The van der Waals surface area contributed by atoms with Crippen LogP contribution in [-0.4, -0.2) is 46.1 Å². The summed E-state index contributed by atoms with van der Waals surface area (Å²) in [4.78, 5) is 6.85. The first-order valence-corrected chi connectivity index (χ1v) is 11.7. The number of anilines is 1. The van der Waals surface area contributed by atoms with Gasteiger partial charge < -0.3 is 14.1 Å². The molecule has 1 saturated heterocycles. The largest absolute Gasteiger partial charge is 0.444 e. The number of hydrogen-bond acceptors (Lipinski definition) is 7. The summed E-state index contributed by atoms with van der Waals surface area (Å²) in [6.07, 6.45) is 1.69. The molecule has 0 saturated carbocycles. The number of aromatic nitrogens is 4. The van der Waals surface area contributed by atoms with Crippen molar-refractivity contribution in [1.82, 2.24) is 19.7 Å². The summed E-state index contributed by atoms with van der Waals surface area (Å²) in [6.45, 7) is 5.07. The van der Waals surface area contributed by atoms with E-state index in [4.69, 9.17) is 20.8 Å². The van der Waals surface area contributed by atoms with Crippen molar-refractivity contribution in [3.63, 3.8) is 0 Å². The Hall–Kier alpha value is -2.81. The highest BCUT2D eigenvalue weighted by atomic mass is 35.5. The Morgan fingerprint density at radius 2 is 1.81 bits per heavy atom. The lowest BCUT2D eigenvalue weighted by molar-refractivity contribution is 0.122.